The number of benzene rings is 1. The number of primary amides is 1. The minimum absolute atomic E-state index is 0.343. The molecule has 150 valence electrons. The van der Waals surface area contributed by atoms with Crippen molar-refractivity contribution in [2.24, 2.45) is 11.7 Å². The van der Waals surface area contributed by atoms with Crippen molar-refractivity contribution in [3.05, 3.63) is 66.0 Å². The Bertz CT molecular complexity index is 718. The average Bonchev–Trinajstić information content (AvgIpc) is 2.70. The molecule has 2 aromatic rings. The number of amides is 1. The van der Waals surface area contributed by atoms with E-state index in [0.29, 0.717) is 19.4 Å². The van der Waals surface area contributed by atoms with Gasteiger partial charge in [-0.3, -0.25) is 19.6 Å². The highest BCUT2D eigenvalue weighted by molar-refractivity contribution is 5.77. The van der Waals surface area contributed by atoms with Gasteiger partial charge in [0.15, 0.2) is 0 Å². The van der Waals surface area contributed by atoms with Gasteiger partial charge < -0.3 is 10.8 Å². The average molecular weight is 383 g/mol. The predicted molar refractivity (Wildman–Crippen MR) is 109 cm³/mol. The topological polar surface area (TPSA) is 82.7 Å². The Balaban J connectivity index is 1.43. The van der Waals surface area contributed by atoms with Gasteiger partial charge in [0, 0.05) is 57.6 Å². The Morgan fingerprint density at radius 2 is 1.71 bits per heavy atom. The number of aromatic nitrogens is 1. The molecule has 0 radical (unpaired) electrons. The summed E-state index contributed by atoms with van der Waals surface area (Å²) in [5, 5.41) is 10.5. The van der Waals surface area contributed by atoms with Gasteiger partial charge in [-0.2, -0.15) is 0 Å². The zero-order valence-electron chi connectivity index (χ0n) is 16.3. The first-order valence-corrected chi connectivity index (χ1v) is 9.95. The molecule has 2 atom stereocenters. The van der Waals surface area contributed by atoms with Crippen LogP contribution >= 0.6 is 0 Å². The van der Waals surface area contributed by atoms with Gasteiger partial charge in [0.25, 0.3) is 0 Å². The fraction of sp³-hybridized carbons (Fsp3) is 0.455. The van der Waals surface area contributed by atoms with Crippen molar-refractivity contribution in [2.75, 3.05) is 32.7 Å². The molecule has 1 amide bonds. The zero-order valence-corrected chi connectivity index (χ0v) is 16.3. The molecular formula is C22H30N4O2. The van der Waals surface area contributed by atoms with Crippen molar-refractivity contribution in [3.8, 4) is 0 Å². The van der Waals surface area contributed by atoms with Crippen LogP contribution in [0.1, 0.15) is 17.5 Å². The molecule has 1 aliphatic heterocycles. The summed E-state index contributed by atoms with van der Waals surface area (Å²) in [5.74, 6) is -0.687. The third-order valence-corrected chi connectivity index (χ3v) is 5.35. The van der Waals surface area contributed by atoms with Crippen molar-refractivity contribution >= 4 is 5.91 Å². The van der Waals surface area contributed by atoms with Crippen LogP contribution in [0, 0.1) is 5.92 Å². The first-order chi connectivity index (χ1) is 13.6. The fourth-order valence-corrected chi connectivity index (χ4v) is 3.78. The number of piperazine rings is 1. The number of carbonyl (C=O) groups excluding carboxylic acids is 1. The van der Waals surface area contributed by atoms with Gasteiger partial charge in [0.2, 0.25) is 5.91 Å². The molecule has 1 aromatic heterocycles. The standard InChI is InChI=1S/C22H30N4O2/c23-22(28)20(13-18-5-2-1-3-6-18)14-21(27)17-26-11-9-25(10-12-26)16-19-7-4-8-24-15-19/h1-8,15,20-21,27H,9-14,16-17H2,(H2,23,28)/t20-,21?/m1/s1. The van der Waals surface area contributed by atoms with Crippen molar-refractivity contribution in [2.45, 2.75) is 25.5 Å². The quantitative estimate of drug-likeness (QED) is 0.683. The predicted octanol–water partition coefficient (Wildman–Crippen LogP) is 1.29. The van der Waals surface area contributed by atoms with Gasteiger partial charge in [-0.25, -0.2) is 0 Å². The van der Waals surface area contributed by atoms with E-state index >= 15 is 0 Å². The molecule has 2 heterocycles. The van der Waals surface area contributed by atoms with Gasteiger partial charge >= 0.3 is 0 Å². The highest BCUT2D eigenvalue weighted by Gasteiger charge is 2.24. The molecule has 0 aliphatic carbocycles. The summed E-state index contributed by atoms with van der Waals surface area (Å²) in [6.45, 7) is 5.24. The van der Waals surface area contributed by atoms with Crippen LogP contribution in [0.2, 0.25) is 0 Å². The Labute approximate surface area is 167 Å². The van der Waals surface area contributed by atoms with Gasteiger partial charge in [-0.15, -0.1) is 0 Å². The molecule has 3 rings (SSSR count). The van der Waals surface area contributed by atoms with Crippen molar-refractivity contribution in [3.63, 3.8) is 0 Å². The maximum absolute atomic E-state index is 11.8. The summed E-state index contributed by atoms with van der Waals surface area (Å²) in [7, 11) is 0. The van der Waals surface area contributed by atoms with Crippen LogP contribution in [0.25, 0.3) is 0 Å². The molecule has 1 unspecified atom stereocenters. The number of aliphatic hydroxyl groups excluding tert-OH is 1. The van der Waals surface area contributed by atoms with Gasteiger partial charge in [-0.05, 0) is 30.0 Å². The van der Waals surface area contributed by atoms with Crippen molar-refractivity contribution < 1.29 is 9.90 Å². The van der Waals surface area contributed by atoms with Gasteiger partial charge in [0.05, 0.1) is 6.10 Å². The van der Waals surface area contributed by atoms with E-state index in [9.17, 15) is 9.90 Å². The molecule has 6 heteroatoms. The molecular weight excluding hydrogens is 352 g/mol. The van der Waals surface area contributed by atoms with Gasteiger partial charge in [-0.1, -0.05) is 36.4 Å². The Kier molecular flexibility index (Phi) is 7.54. The maximum Gasteiger partial charge on any atom is 0.220 e. The number of aliphatic hydroxyl groups is 1. The Morgan fingerprint density at radius 1 is 1.04 bits per heavy atom. The Morgan fingerprint density at radius 3 is 2.36 bits per heavy atom. The summed E-state index contributed by atoms with van der Waals surface area (Å²) < 4.78 is 0. The molecule has 1 fully saturated rings. The number of rotatable bonds is 9. The first kappa shape index (κ1) is 20.5. The smallest absolute Gasteiger partial charge is 0.220 e. The van der Waals surface area contributed by atoms with E-state index in [1.165, 1.54) is 5.56 Å². The SMILES string of the molecule is NC(=O)[C@H](Cc1ccccc1)CC(O)CN1CCN(Cc2cccnc2)CC1. The third kappa shape index (κ3) is 6.41. The highest BCUT2D eigenvalue weighted by atomic mass is 16.3. The number of nitrogens with two attached hydrogens (primary N) is 1. The highest BCUT2D eigenvalue weighted by Crippen LogP contribution is 2.16. The molecule has 0 saturated carbocycles. The summed E-state index contributed by atoms with van der Waals surface area (Å²) in [6.07, 6.45) is 4.13. The van der Waals surface area contributed by atoms with Crippen LogP contribution in [0.3, 0.4) is 0 Å². The second-order valence-electron chi connectivity index (χ2n) is 7.62. The summed E-state index contributed by atoms with van der Waals surface area (Å²) >= 11 is 0. The minimum Gasteiger partial charge on any atom is -0.392 e. The van der Waals surface area contributed by atoms with E-state index in [-0.39, 0.29) is 11.8 Å². The second kappa shape index (κ2) is 10.3. The molecule has 0 spiro atoms. The van der Waals surface area contributed by atoms with E-state index in [0.717, 1.165) is 38.3 Å². The first-order valence-electron chi connectivity index (χ1n) is 9.95. The van der Waals surface area contributed by atoms with E-state index in [1.807, 2.05) is 42.6 Å². The lowest BCUT2D eigenvalue weighted by atomic mass is 9.93. The number of hydrogen-bond donors (Lipinski definition) is 2. The van der Waals surface area contributed by atoms with Crippen LogP contribution in [0.5, 0.6) is 0 Å². The molecule has 28 heavy (non-hydrogen) atoms. The third-order valence-electron chi connectivity index (χ3n) is 5.35. The second-order valence-corrected chi connectivity index (χ2v) is 7.62. The number of hydrogen-bond acceptors (Lipinski definition) is 5. The summed E-state index contributed by atoms with van der Waals surface area (Å²) in [4.78, 5) is 20.7. The van der Waals surface area contributed by atoms with Crippen LogP contribution in [0.15, 0.2) is 54.9 Å². The molecule has 1 aliphatic rings. The van der Waals surface area contributed by atoms with E-state index in [2.05, 4.69) is 20.9 Å². The number of nitrogens with zero attached hydrogens (tertiary/aromatic N) is 3. The van der Waals surface area contributed by atoms with E-state index in [1.54, 1.807) is 6.20 Å². The van der Waals surface area contributed by atoms with E-state index < -0.39 is 6.10 Å². The van der Waals surface area contributed by atoms with Crippen LogP contribution in [-0.2, 0) is 17.8 Å². The number of carbonyl (C=O) groups is 1. The maximum atomic E-state index is 11.8. The summed E-state index contributed by atoms with van der Waals surface area (Å²) in [5.41, 5.74) is 7.88. The Hall–Kier alpha value is -2.28. The number of pyridine rings is 1. The lowest BCUT2D eigenvalue weighted by Gasteiger charge is -2.35. The lowest BCUT2D eigenvalue weighted by Crippen LogP contribution is -2.48. The molecule has 3 N–H and O–H groups in total. The number of β-amino-alcohol motifs (C(OH)–C–C–N with tert-alkyl or cyclic N) is 1. The van der Waals surface area contributed by atoms with Gasteiger partial charge in [0.1, 0.15) is 0 Å². The van der Waals surface area contributed by atoms with E-state index in [4.69, 9.17) is 5.73 Å². The zero-order chi connectivity index (χ0) is 19.8. The fourth-order valence-electron chi connectivity index (χ4n) is 3.78. The molecule has 6 nitrogen and oxygen atoms in total. The van der Waals surface area contributed by atoms with Crippen LogP contribution in [0.4, 0.5) is 0 Å². The van der Waals surface area contributed by atoms with Crippen LogP contribution in [-0.4, -0.2) is 64.6 Å². The van der Waals surface area contributed by atoms with Crippen molar-refractivity contribution in [1.82, 2.24) is 14.8 Å². The lowest BCUT2D eigenvalue weighted by molar-refractivity contribution is -0.122. The monoisotopic (exact) mass is 382 g/mol. The summed E-state index contributed by atoms with van der Waals surface area (Å²) in [6, 6.07) is 13.9. The normalized spacial score (nSPS) is 17.9. The largest absolute Gasteiger partial charge is 0.392 e. The van der Waals surface area contributed by atoms with Crippen molar-refractivity contribution in [1.29, 1.82) is 0 Å². The van der Waals surface area contributed by atoms with Crippen LogP contribution < -0.4 is 5.73 Å². The minimum atomic E-state index is -0.550. The molecule has 0 bridgehead atoms. The molecule has 1 saturated heterocycles. The molecule has 1 aromatic carbocycles.